The number of carbonyl (C=O) groups is 1. The van der Waals surface area contributed by atoms with Crippen LogP contribution < -0.4 is 16.0 Å². The summed E-state index contributed by atoms with van der Waals surface area (Å²) in [6, 6.07) is 8.12. The number of morpholine rings is 1. The highest BCUT2D eigenvalue weighted by Crippen LogP contribution is 2.23. The van der Waals surface area contributed by atoms with E-state index in [1.54, 1.807) is 7.05 Å². The predicted molar refractivity (Wildman–Crippen MR) is 120 cm³/mol. The third-order valence-corrected chi connectivity index (χ3v) is 4.77. The van der Waals surface area contributed by atoms with Crippen molar-refractivity contribution < 1.29 is 14.3 Å². The normalized spacial score (nSPS) is 16.6. The Morgan fingerprint density at radius 1 is 1.17 bits per heavy atom. The molecule has 1 fully saturated rings. The number of alkyl carbamates (subject to hydrolysis) is 1. The van der Waals surface area contributed by atoms with E-state index in [2.05, 4.69) is 38.0 Å². The summed E-state index contributed by atoms with van der Waals surface area (Å²) in [6.45, 7) is 10.4. The van der Waals surface area contributed by atoms with Gasteiger partial charge in [-0.1, -0.05) is 23.7 Å². The predicted octanol–water partition coefficient (Wildman–Crippen LogP) is 2.40. The lowest BCUT2D eigenvalue weighted by molar-refractivity contribution is 0.0170. The lowest BCUT2D eigenvalue weighted by atomic mass is 10.0. The first-order valence-electron chi connectivity index (χ1n) is 10.3. The van der Waals surface area contributed by atoms with E-state index >= 15 is 0 Å². The van der Waals surface area contributed by atoms with E-state index in [0.29, 0.717) is 25.6 Å². The van der Waals surface area contributed by atoms with E-state index in [0.717, 1.165) is 31.3 Å². The molecule has 8 nitrogen and oxygen atoms in total. The number of hydrogen-bond donors (Lipinski definition) is 3. The molecule has 3 N–H and O–H groups in total. The fourth-order valence-corrected chi connectivity index (χ4v) is 3.23. The SMILES string of the molecule is CN=C(NCCNC(=O)OC(C)(C)C)NCC(c1ccc(Cl)cc1)N1CCOCC1. The monoisotopic (exact) mass is 439 g/mol. The molecule has 9 heteroatoms. The highest BCUT2D eigenvalue weighted by Gasteiger charge is 2.23. The summed E-state index contributed by atoms with van der Waals surface area (Å²) >= 11 is 6.06. The number of carbonyl (C=O) groups excluding carboxylic acids is 1. The zero-order valence-electron chi connectivity index (χ0n) is 18.3. The van der Waals surface area contributed by atoms with E-state index in [4.69, 9.17) is 21.1 Å². The second-order valence-corrected chi connectivity index (χ2v) is 8.46. The number of nitrogens with zero attached hydrogens (tertiary/aromatic N) is 2. The fourth-order valence-electron chi connectivity index (χ4n) is 3.11. The molecule has 1 aliphatic heterocycles. The molecule has 30 heavy (non-hydrogen) atoms. The van der Waals surface area contributed by atoms with E-state index < -0.39 is 11.7 Å². The molecule has 0 aromatic heterocycles. The van der Waals surface area contributed by atoms with Gasteiger partial charge in [0.2, 0.25) is 0 Å². The molecular formula is C21H34ClN5O3. The quantitative estimate of drug-likeness (QED) is 0.343. The van der Waals surface area contributed by atoms with Gasteiger partial charge in [-0.3, -0.25) is 9.89 Å². The Morgan fingerprint density at radius 3 is 2.40 bits per heavy atom. The first-order chi connectivity index (χ1) is 14.3. The van der Waals surface area contributed by atoms with Gasteiger partial charge in [0.05, 0.1) is 19.3 Å². The molecule has 1 aromatic rings. The molecule has 1 saturated heterocycles. The van der Waals surface area contributed by atoms with Crippen molar-refractivity contribution >= 4 is 23.7 Å². The third-order valence-electron chi connectivity index (χ3n) is 4.51. The van der Waals surface area contributed by atoms with Crippen molar-refractivity contribution in [2.75, 3.05) is 53.0 Å². The first-order valence-corrected chi connectivity index (χ1v) is 10.6. The van der Waals surface area contributed by atoms with Gasteiger partial charge in [0.15, 0.2) is 5.96 Å². The molecule has 0 radical (unpaired) electrons. The zero-order valence-corrected chi connectivity index (χ0v) is 19.1. The van der Waals surface area contributed by atoms with E-state index in [9.17, 15) is 4.79 Å². The summed E-state index contributed by atoms with van der Waals surface area (Å²) in [6.07, 6.45) is -0.428. The van der Waals surface area contributed by atoms with Crippen LogP contribution in [0.25, 0.3) is 0 Å². The van der Waals surface area contributed by atoms with Crippen molar-refractivity contribution in [1.82, 2.24) is 20.9 Å². The molecule has 0 aliphatic carbocycles. The van der Waals surface area contributed by atoms with E-state index in [1.807, 2.05) is 32.9 Å². The molecule has 2 rings (SSSR count). The van der Waals surface area contributed by atoms with Crippen molar-refractivity contribution in [2.24, 2.45) is 4.99 Å². The van der Waals surface area contributed by atoms with Crippen molar-refractivity contribution in [3.05, 3.63) is 34.9 Å². The molecule has 168 valence electrons. The lowest BCUT2D eigenvalue weighted by Gasteiger charge is -2.35. The summed E-state index contributed by atoms with van der Waals surface area (Å²) in [4.78, 5) is 18.4. The van der Waals surface area contributed by atoms with Gasteiger partial charge in [-0.15, -0.1) is 0 Å². The number of rotatable bonds is 7. The Kier molecular flexibility index (Phi) is 9.68. The molecule has 1 amide bonds. The van der Waals surface area contributed by atoms with Crippen molar-refractivity contribution in [2.45, 2.75) is 32.4 Å². The standard InChI is InChI=1S/C21H34ClN5O3/c1-21(2,3)30-20(28)25-10-9-24-19(23-4)26-15-18(27-11-13-29-14-12-27)16-5-7-17(22)8-6-16/h5-8,18H,9-15H2,1-4H3,(H,25,28)(H2,23,24,26). The number of halogens is 1. The maximum atomic E-state index is 11.7. The number of aliphatic imine (C=N–C) groups is 1. The molecule has 1 unspecified atom stereocenters. The van der Waals surface area contributed by atoms with Crippen LogP contribution in [0, 0.1) is 0 Å². The van der Waals surface area contributed by atoms with Crippen LogP contribution in [0.3, 0.4) is 0 Å². The smallest absolute Gasteiger partial charge is 0.407 e. The average Bonchev–Trinajstić information content (AvgIpc) is 2.70. The summed E-state index contributed by atoms with van der Waals surface area (Å²) in [5, 5.41) is 10.0. The number of guanidine groups is 1. The minimum Gasteiger partial charge on any atom is -0.444 e. The summed E-state index contributed by atoms with van der Waals surface area (Å²) in [5.41, 5.74) is 0.682. The van der Waals surface area contributed by atoms with E-state index in [1.165, 1.54) is 5.56 Å². The van der Waals surface area contributed by atoms with Crippen LogP contribution in [0.5, 0.6) is 0 Å². The van der Waals surface area contributed by atoms with Crippen LogP contribution in [0.1, 0.15) is 32.4 Å². The molecular weight excluding hydrogens is 406 g/mol. The maximum absolute atomic E-state index is 11.7. The number of benzene rings is 1. The van der Waals surface area contributed by atoms with Gasteiger partial charge in [-0.05, 0) is 38.5 Å². The van der Waals surface area contributed by atoms with Crippen LogP contribution in [0.2, 0.25) is 5.02 Å². The number of nitrogens with one attached hydrogen (secondary N) is 3. The van der Waals surface area contributed by atoms with Gasteiger partial charge in [-0.25, -0.2) is 4.79 Å². The summed E-state index contributed by atoms with van der Waals surface area (Å²) < 4.78 is 10.7. The Labute approximate surface area is 184 Å². The molecule has 1 aromatic carbocycles. The van der Waals surface area contributed by atoms with Crippen LogP contribution >= 0.6 is 11.6 Å². The molecule has 0 spiro atoms. The Balaban J connectivity index is 1.85. The van der Waals surface area contributed by atoms with Crippen molar-refractivity contribution in [3.8, 4) is 0 Å². The van der Waals surface area contributed by atoms with Crippen molar-refractivity contribution in [3.63, 3.8) is 0 Å². The van der Waals surface area contributed by atoms with Crippen LogP contribution in [-0.2, 0) is 9.47 Å². The van der Waals surface area contributed by atoms with Crippen LogP contribution in [0.4, 0.5) is 4.79 Å². The molecule has 0 saturated carbocycles. The third kappa shape index (κ3) is 8.77. The largest absolute Gasteiger partial charge is 0.444 e. The summed E-state index contributed by atoms with van der Waals surface area (Å²) in [5.74, 6) is 0.674. The highest BCUT2D eigenvalue weighted by atomic mass is 35.5. The maximum Gasteiger partial charge on any atom is 0.407 e. The Bertz CT molecular complexity index is 685. The van der Waals surface area contributed by atoms with Gasteiger partial charge in [-0.2, -0.15) is 0 Å². The molecule has 1 heterocycles. The van der Waals surface area contributed by atoms with Gasteiger partial charge in [0, 0.05) is 44.8 Å². The number of hydrogen-bond acceptors (Lipinski definition) is 5. The molecule has 1 atom stereocenters. The second kappa shape index (κ2) is 12.0. The average molecular weight is 440 g/mol. The first kappa shape index (κ1) is 24.2. The van der Waals surface area contributed by atoms with Crippen LogP contribution in [0.15, 0.2) is 29.3 Å². The van der Waals surface area contributed by atoms with Crippen LogP contribution in [-0.4, -0.2) is 75.5 Å². The topological polar surface area (TPSA) is 87.2 Å². The molecule has 0 bridgehead atoms. The fraction of sp³-hybridized carbons (Fsp3) is 0.619. The molecule has 1 aliphatic rings. The minimum absolute atomic E-state index is 0.171. The number of amides is 1. The lowest BCUT2D eigenvalue weighted by Crippen LogP contribution is -2.47. The number of ether oxygens (including phenoxy) is 2. The van der Waals surface area contributed by atoms with E-state index in [-0.39, 0.29) is 6.04 Å². The minimum atomic E-state index is -0.509. The van der Waals surface area contributed by atoms with Gasteiger partial charge >= 0.3 is 6.09 Å². The second-order valence-electron chi connectivity index (χ2n) is 8.02. The van der Waals surface area contributed by atoms with Crippen molar-refractivity contribution in [1.29, 1.82) is 0 Å². The van der Waals surface area contributed by atoms with Gasteiger partial charge in [0.1, 0.15) is 5.60 Å². The highest BCUT2D eigenvalue weighted by molar-refractivity contribution is 6.30. The van der Waals surface area contributed by atoms with Gasteiger partial charge < -0.3 is 25.4 Å². The van der Waals surface area contributed by atoms with Gasteiger partial charge in [0.25, 0.3) is 0 Å². The summed E-state index contributed by atoms with van der Waals surface area (Å²) in [7, 11) is 1.72. The Hall–Kier alpha value is -2.03. The Morgan fingerprint density at radius 2 is 1.80 bits per heavy atom. The zero-order chi connectivity index (χ0) is 22.0.